The van der Waals surface area contributed by atoms with E-state index in [4.69, 9.17) is 4.74 Å². The molecule has 1 aliphatic heterocycles. The van der Waals surface area contributed by atoms with E-state index < -0.39 is 5.60 Å². The molecule has 1 saturated heterocycles. The fourth-order valence-corrected chi connectivity index (χ4v) is 2.79. The van der Waals surface area contributed by atoms with Crippen LogP contribution in [0.25, 0.3) is 5.69 Å². The molecule has 2 N–H and O–H groups in total. The Morgan fingerprint density at radius 3 is 2.64 bits per heavy atom. The number of nitrogens with one attached hydrogen (secondary N) is 2. The summed E-state index contributed by atoms with van der Waals surface area (Å²) in [5.41, 5.74) is 1.60. The molecule has 150 valence electrons. The standard InChI is InChI=1S/C20H28N6O2/c1-20(2,3)28-19(27)25-13-16(14-25)24-18(21-4)22-10-15-11-23-26(12-15)17-8-6-5-7-9-17/h5-9,11-12,16H,10,13-14H2,1-4H3,(H2,21,22,24). The minimum absolute atomic E-state index is 0.158. The van der Waals surface area contributed by atoms with Crippen molar-refractivity contribution in [3.05, 3.63) is 48.3 Å². The molecule has 0 spiro atoms. The molecule has 0 bridgehead atoms. The van der Waals surface area contributed by atoms with Gasteiger partial charge in [0.2, 0.25) is 0 Å². The lowest BCUT2D eigenvalue weighted by molar-refractivity contribution is 0.00701. The van der Waals surface area contributed by atoms with Gasteiger partial charge in [-0.05, 0) is 32.9 Å². The molecular weight excluding hydrogens is 356 g/mol. The number of hydrogen-bond donors (Lipinski definition) is 2. The van der Waals surface area contributed by atoms with Crippen molar-refractivity contribution < 1.29 is 9.53 Å². The van der Waals surface area contributed by atoms with Crippen LogP contribution in [0.5, 0.6) is 0 Å². The van der Waals surface area contributed by atoms with Crippen LogP contribution in [0.3, 0.4) is 0 Å². The van der Waals surface area contributed by atoms with Crippen molar-refractivity contribution in [1.29, 1.82) is 0 Å². The van der Waals surface area contributed by atoms with Gasteiger partial charge in [-0.3, -0.25) is 4.99 Å². The van der Waals surface area contributed by atoms with Crippen molar-refractivity contribution in [2.45, 2.75) is 39.0 Å². The van der Waals surface area contributed by atoms with E-state index in [-0.39, 0.29) is 12.1 Å². The SMILES string of the molecule is CN=C(NCc1cnn(-c2ccccc2)c1)NC1CN(C(=O)OC(C)(C)C)C1. The maximum Gasteiger partial charge on any atom is 0.410 e. The Balaban J connectivity index is 1.44. The predicted octanol–water partition coefficient (Wildman–Crippen LogP) is 2.16. The number of hydrogen-bond acceptors (Lipinski definition) is 4. The highest BCUT2D eigenvalue weighted by molar-refractivity contribution is 5.80. The van der Waals surface area contributed by atoms with Crippen molar-refractivity contribution in [2.75, 3.05) is 20.1 Å². The van der Waals surface area contributed by atoms with Crippen LogP contribution < -0.4 is 10.6 Å². The van der Waals surface area contributed by atoms with E-state index in [1.54, 1.807) is 11.9 Å². The van der Waals surface area contributed by atoms with Gasteiger partial charge in [-0.2, -0.15) is 5.10 Å². The number of carbonyl (C=O) groups is 1. The lowest BCUT2D eigenvalue weighted by Gasteiger charge is -2.40. The highest BCUT2D eigenvalue weighted by atomic mass is 16.6. The molecule has 2 aromatic rings. The first kappa shape index (κ1) is 19.7. The quantitative estimate of drug-likeness (QED) is 0.623. The largest absolute Gasteiger partial charge is 0.444 e. The Morgan fingerprint density at radius 1 is 1.29 bits per heavy atom. The molecule has 8 nitrogen and oxygen atoms in total. The van der Waals surface area contributed by atoms with Gasteiger partial charge in [0.1, 0.15) is 5.60 Å². The van der Waals surface area contributed by atoms with E-state index in [0.29, 0.717) is 25.6 Å². The normalized spacial score (nSPS) is 15.1. The third-order valence-electron chi connectivity index (χ3n) is 4.21. The zero-order valence-electron chi connectivity index (χ0n) is 16.8. The first-order valence-corrected chi connectivity index (χ1v) is 9.38. The van der Waals surface area contributed by atoms with Crippen LogP contribution in [-0.2, 0) is 11.3 Å². The lowest BCUT2D eigenvalue weighted by Crippen LogP contribution is -2.63. The van der Waals surface area contributed by atoms with Crippen LogP contribution in [-0.4, -0.2) is 58.5 Å². The number of ether oxygens (including phenoxy) is 1. The summed E-state index contributed by atoms with van der Waals surface area (Å²) < 4.78 is 7.21. The summed E-state index contributed by atoms with van der Waals surface area (Å²) in [7, 11) is 1.73. The molecular formula is C20H28N6O2. The molecule has 1 aromatic heterocycles. The summed E-state index contributed by atoms with van der Waals surface area (Å²) in [4.78, 5) is 17.9. The zero-order valence-corrected chi connectivity index (χ0v) is 16.8. The average molecular weight is 384 g/mol. The van der Waals surface area contributed by atoms with Gasteiger partial charge in [0.05, 0.1) is 17.9 Å². The monoisotopic (exact) mass is 384 g/mol. The van der Waals surface area contributed by atoms with Crippen molar-refractivity contribution >= 4 is 12.1 Å². The number of guanidine groups is 1. The highest BCUT2D eigenvalue weighted by Gasteiger charge is 2.34. The summed E-state index contributed by atoms with van der Waals surface area (Å²) in [5, 5.41) is 11.0. The predicted molar refractivity (Wildman–Crippen MR) is 108 cm³/mol. The zero-order chi connectivity index (χ0) is 20.1. The van der Waals surface area contributed by atoms with Crippen molar-refractivity contribution in [2.24, 2.45) is 4.99 Å². The Morgan fingerprint density at radius 2 is 2.00 bits per heavy atom. The fraction of sp³-hybridized carbons (Fsp3) is 0.450. The first-order valence-electron chi connectivity index (χ1n) is 9.38. The molecule has 1 fully saturated rings. The van der Waals surface area contributed by atoms with Gasteiger partial charge in [-0.25, -0.2) is 9.48 Å². The van der Waals surface area contributed by atoms with Crippen LogP contribution >= 0.6 is 0 Å². The van der Waals surface area contributed by atoms with Crippen molar-refractivity contribution in [3.8, 4) is 5.69 Å². The van der Waals surface area contributed by atoms with Gasteiger partial charge < -0.3 is 20.3 Å². The van der Waals surface area contributed by atoms with Gasteiger partial charge in [0.25, 0.3) is 0 Å². The summed E-state index contributed by atoms with van der Waals surface area (Å²) in [6.45, 7) is 7.41. The smallest absolute Gasteiger partial charge is 0.410 e. The lowest BCUT2D eigenvalue weighted by atomic mass is 10.1. The first-order chi connectivity index (χ1) is 13.3. The van der Waals surface area contributed by atoms with Gasteiger partial charge in [-0.1, -0.05) is 18.2 Å². The molecule has 1 amide bonds. The van der Waals surface area contributed by atoms with Crippen LogP contribution in [0.2, 0.25) is 0 Å². The number of aliphatic imine (C=N–C) groups is 1. The molecule has 0 aliphatic carbocycles. The second-order valence-electron chi connectivity index (χ2n) is 7.78. The Kier molecular flexibility index (Phi) is 5.87. The van der Waals surface area contributed by atoms with Crippen LogP contribution in [0.15, 0.2) is 47.7 Å². The average Bonchev–Trinajstić information content (AvgIpc) is 3.08. The molecule has 3 rings (SSSR count). The van der Waals surface area contributed by atoms with E-state index in [1.165, 1.54) is 0 Å². The highest BCUT2D eigenvalue weighted by Crippen LogP contribution is 2.15. The minimum Gasteiger partial charge on any atom is -0.444 e. The Hall–Kier alpha value is -3.03. The number of likely N-dealkylation sites (tertiary alicyclic amines) is 1. The number of aromatic nitrogens is 2. The summed E-state index contributed by atoms with van der Waals surface area (Å²) in [5.74, 6) is 0.696. The molecule has 8 heteroatoms. The Labute approximate surface area is 165 Å². The second-order valence-corrected chi connectivity index (χ2v) is 7.78. The molecule has 0 saturated carbocycles. The second kappa shape index (κ2) is 8.33. The third kappa shape index (κ3) is 5.25. The van der Waals surface area contributed by atoms with Gasteiger partial charge in [0.15, 0.2) is 5.96 Å². The number of nitrogens with zero attached hydrogens (tertiary/aromatic N) is 4. The number of carbonyl (C=O) groups excluding carboxylic acids is 1. The molecule has 0 unspecified atom stereocenters. The van der Waals surface area contributed by atoms with E-state index in [1.807, 2.05) is 68.2 Å². The van der Waals surface area contributed by atoms with Crippen molar-refractivity contribution in [3.63, 3.8) is 0 Å². The van der Waals surface area contributed by atoms with E-state index >= 15 is 0 Å². The molecule has 28 heavy (non-hydrogen) atoms. The number of rotatable bonds is 4. The topological polar surface area (TPSA) is 83.8 Å². The van der Waals surface area contributed by atoms with Gasteiger partial charge in [-0.15, -0.1) is 0 Å². The van der Waals surface area contributed by atoms with Gasteiger partial charge >= 0.3 is 6.09 Å². The fourth-order valence-electron chi connectivity index (χ4n) is 2.79. The van der Waals surface area contributed by atoms with Crippen molar-refractivity contribution in [1.82, 2.24) is 25.3 Å². The van der Waals surface area contributed by atoms with E-state index in [0.717, 1.165) is 11.3 Å². The van der Waals surface area contributed by atoms with Crippen LogP contribution in [0.1, 0.15) is 26.3 Å². The molecule has 2 heterocycles. The van der Waals surface area contributed by atoms with Crippen LogP contribution in [0, 0.1) is 0 Å². The van der Waals surface area contributed by atoms with E-state index in [2.05, 4.69) is 20.7 Å². The Bertz CT molecular complexity index is 819. The number of amides is 1. The molecule has 1 aromatic carbocycles. The van der Waals surface area contributed by atoms with E-state index in [9.17, 15) is 4.79 Å². The number of para-hydroxylation sites is 1. The molecule has 0 atom stereocenters. The summed E-state index contributed by atoms with van der Waals surface area (Å²) in [6, 6.07) is 10.1. The summed E-state index contributed by atoms with van der Waals surface area (Å²) in [6.07, 6.45) is 3.55. The van der Waals surface area contributed by atoms with Gasteiger partial charge in [0, 0.05) is 38.4 Å². The minimum atomic E-state index is -0.475. The number of benzene rings is 1. The molecule has 0 radical (unpaired) electrons. The molecule has 1 aliphatic rings. The van der Waals surface area contributed by atoms with Crippen LogP contribution in [0.4, 0.5) is 4.79 Å². The summed E-state index contributed by atoms with van der Waals surface area (Å²) >= 11 is 0. The maximum atomic E-state index is 12.0. The third-order valence-corrected chi connectivity index (χ3v) is 4.21. The maximum absolute atomic E-state index is 12.0.